The zero-order valence-electron chi connectivity index (χ0n) is 19.6. The van der Waals surface area contributed by atoms with E-state index in [-0.39, 0.29) is 78.6 Å². The van der Waals surface area contributed by atoms with Crippen molar-refractivity contribution in [1.82, 2.24) is 0 Å². The molecule has 0 spiro atoms. The van der Waals surface area contributed by atoms with Gasteiger partial charge in [0.05, 0.1) is 0 Å². The molecule has 7 nitrogen and oxygen atoms in total. The predicted octanol–water partition coefficient (Wildman–Crippen LogP) is 2.12. The number of hydrogen-bond donors (Lipinski definition) is 3. The van der Waals surface area contributed by atoms with Crippen molar-refractivity contribution in [3.05, 3.63) is 29.7 Å². The van der Waals surface area contributed by atoms with Crippen molar-refractivity contribution in [1.29, 1.82) is 0 Å². The second-order valence-electron chi connectivity index (χ2n) is 4.27. The van der Waals surface area contributed by atoms with Gasteiger partial charge < -0.3 is 45.4 Å². The first kappa shape index (κ1) is 70.2. The number of aliphatic hydroxyl groups is 2. The molecule has 0 atom stereocenters. The first-order valence-electron chi connectivity index (χ1n) is 5.75. The molecule has 0 fully saturated rings. The van der Waals surface area contributed by atoms with Gasteiger partial charge in [-0.15, -0.1) is 0 Å². The molecule has 1 radical (unpaired) electrons. The summed E-state index contributed by atoms with van der Waals surface area (Å²) in [6.45, 7) is 3.86. The van der Waals surface area contributed by atoms with Crippen LogP contribution < -0.4 is 0 Å². The van der Waals surface area contributed by atoms with Crippen molar-refractivity contribution in [3.63, 3.8) is 0 Å². The van der Waals surface area contributed by atoms with Gasteiger partial charge in [-0.3, -0.25) is 0 Å². The third-order valence-electron chi connectivity index (χ3n) is 1.40. The molecule has 0 aliphatic rings. The Labute approximate surface area is 209 Å². The summed E-state index contributed by atoms with van der Waals surface area (Å²) >= 11 is -4.12. The van der Waals surface area contributed by atoms with E-state index in [0.29, 0.717) is 0 Å². The number of hydrogen-bond acceptors (Lipinski definition) is 6. The average Bonchev–Trinajstić information content (AvgIpc) is 2.32. The van der Waals surface area contributed by atoms with Crippen LogP contribution in [-0.4, -0.2) is 95.5 Å². The smallest absolute Gasteiger partial charge is 0.412 e. The van der Waals surface area contributed by atoms with Gasteiger partial charge in [0.15, 0.2) is 0 Å². The van der Waals surface area contributed by atoms with Crippen molar-refractivity contribution in [2.45, 2.75) is 32.9 Å². The maximum absolute atomic E-state index is 9.43. The minimum absolute atomic E-state index is 0. The summed E-state index contributed by atoms with van der Waals surface area (Å²) in [5.74, 6) is 0. The molecule has 5 N–H and O–H groups in total. The molecule has 0 aromatic carbocycles. The van der Waals surface area contributed by atoms with E-state index in [0.717, 1.165) is 14.2 Å². The summed E-state index contributed by atoms with van der Waals surface area (Å²) < 4.78 is 25.0. The third kappa shape index (κ3) is 93.2. The molecule has 0 aliphatic heterocycles. The summed E-state index contributed by atoms with van der Waals surface area (Å²) in [4.78, 5) is 8.01. The van der Waals surface area contributed by atoms with Crippen molar-refractivity contribution in [2.24, 2.45) is 0 Å². The molecule has 0 aliphatic carbocycles. The van der Waals surface area contributed by atoms with Crippen LogP contribution in [0, 0.1) is 29.7 Å². The summed E-state index contributed by atoms with van der Waals surface area (Å²) in [5, 5.41) is 14.0. The number of rotatable bonds is 4. The fourth-order valence-electron chi connectivity index (χ4n) is 0.643. The monoisotopic (exact) mass is 691 g/mol. The Morgan fingerprint density at radius 1 is 0.808 bits per heavy atom. The second-order valence-corrected chi connectivity index (χ2v) is 24.0. The summed E-state index contributed by atoms with van der Waals surface area (Å²) in [6, 6.07) is 0. The summed E-state index contributed by atoms with van der Waals surface area (Å²) in [7, 11) is 3.45. The van der Waals surface area contributed by atoms with E-state index in [1.165, 1.54) is 0 Å². The molecule has 12 heteroatoms. The SMILES string of the molecule is CO.CO.CO[Si](C)(C)[O][Sn]([CH3])([CH3])[OH].C[O][Sn]([CH3])[CH3].O.[CH3-].[CH3-].[CH3-].[CH3-].[Ti+2].[Ti+2]. The zero-order chi connectivity index (χ0) is 16.7. The Bertz CT molecular complexity index is 180. The molecule has 165 valence electrons. The molecule has 0 saturated carbocycles. The molecule has 0 unspecified atom stereocenters. The van der Waals surface area contributed by atoms with Crippen LogP contribution in [0.2, 0.25) is 32.9 Å². The molecule has 0 saturated heterocycles. The minimum Gasteiger partial charge on any atom is -0.412 e. The van der Waals surface area contributed by atoms with Crippen molar-refractivity contribution in [3.8, 4) is 0 Å². The van der Waals surface area contributed by atoms with E-state index in [4.69, 9.17) is 20.5 Å². The molecular formula is C14H47O7SiSn2Ti2. The van der Waals surface area contributed by atoms with E-state index in [2.05, 4.69) is 9.88 Å². The minimum atomic E-state index is -3.04. The summed E-state index contributed by atoms with van der Waals surface area (Å²) in [5.41, 5.74) is 0. The normalized spacial score (nSPS) is 7.62. The van der Waals surface area contributed by atoms with Crippen LogP contribution in [0.1, 0.15) is 0 Å². The Morgan fingerprint density at radius 3 is 1.04 bits per heavy atom. The van der Waals surface area contributed by atoms with Crippen LogP contribution in [0.15, 0.2) is 0 Å². The van der Waals surface area contributed by atoms with E-state index in [9.17, 15) is 3.44 Å². The van der Waals surface area contributed by atoms with Gasteiger partial charge in [-0.1, -0.05) is 0 Å². The van der Waals surface area contributed by atoms with Crippen molar-refractivity contribution < 1.29 is 72.8 Å². The Balaban J connectivity index is -0.0000000139. The second kappa shape index (κ2) is 46.3. The van der Waals surface area contributed by atoms with Gasteiger partial charge in [0.25, 0.3) is 0 Å². The molecule has 0 bridgehead atoms. The third-order valence-corrected chi connectivity index (χ3v) is 14.2. The molecule has 0 rings (SSSR count). The Hall–Kier alpha value is 2.96. The predicted molar refractivity (Wildman–Crippen MR) is 115 cm³/mol. The van der Waals surface area contributed by atoms with Gasteiger partial charge in [-0.05, 0) is 0 Å². The molecule has 0 aromatic rings. The van der Waals surface area contributed by atoms with Crippen LogP contribution in [0.4, 0.5) is 0 Å². The maximum atomic E-state index is 9.43. The van der Waals surface area contributed by atoms with Gasteiger partial charge in [0.1, 0.15) is 0 Å². The largest absolute Gasteiger partial charge is 2.00 e. The standard InChI is InChI=1S/C3H9O2Si.2CH4O.CH3O.8CH3.2H2O.2Sn.2Ti/c1-5-6(2,3)4;3*1-2;;;;;;;;;;;;;;/h1-3H3;2*2H,1H3;1H3;8*1H3;2*1H2;;;;/q-1;;;-1;;;;;4*-1;;;+1;3*+2/p-1. The van der Waals surface area contributed by atoms with Crippen LogP contribution >= 0.6 is 0 Å². The quantitative estimate of drug-likeness (QED) is 0.308. The van der Waals surface area contributed by atoms with E-state index in [1.54, 1.807) is 14.2 Å². The van der Waals surface area contributed by atoms with Gasteiger partial charge in [0.2, 0.25) is 0 Å². The van der Waals surface area contributed by atoms with Crippen molar-refractivity contribution in [2.75, 3.05) is 28.4 Å². The fourth-order valence-corrected chi connectivity index (χ4v) is 12.9. The Kier molecular flexibility index (Phi) is 125. The zero-order valence-corrected chi connectivity index (χ0v) is 29.4. The van der Waals surface area contributed by atoms with Crippen LogP contribution in [0.3, 0.4) is 0 Å². The van der Waals surface area contributed by atoms with Gasteiger partial charge in [0, 0.05) is 14.2 Å². The van der Waals surface area contributed by atoms with E-state index in [1.807, 2.05) is 23.0 Å². The van der Waals surface area contributed by atoms with Crippen LogP contribution in [0.25, 0.3) is 0 Å². The molecule has 0 amide bonds. The van der Waals surface area contributed by atoms with Gasteiger partial charge >= 0.3 is 152 Å². The Morgan fingerprint density at radius 2 is 1.00 bits per heavy atom. The number of aliphatic hydroxyl groups excluding tert-OH is 2. The molecule has 0 heterocycles. The topological polar surface area (TPSA) is 120 Å². The maximum Gasteiger partial charge on any atom is 2.00 e. The van der Waals surface area contributed by atoms with Gasteiger partial charge in [-0.25, -0.2) is 0 Å². The van der Waals surface area contributed by atoms with Crippen molar-refractivity contribution >= 4 is 47.9 Å². The molecule has 26 heavy (non-hydrogen) atoms. The average molecular weight is 689 g/mol. The van der Waals surface area contributed by atoms with E-state index < -0.39 is 47.9 Å². The van der Waals surface area contributed by atoms with Gasteiger partial charge in [-0.2, -0.15) is 0 Å². The fraction of sp³-hybridized carbons (Fsp3) is 0.714. The first-order valence-corrected chi connectivity index (χ1v) is 23.6. The first-order chi connectivity index (χ1) is 8.54. The summed E-state index contributed by atoms with van der Waals surface area (Å²) in [6.07, 6.45) is 0. The van der Waals surface area contributed by atoms with E-state index >= 15 is 0 Å². The van der Waals surface area contributed by atoms with Crippen LogP contribution in [0.5, 0.6) is 0 Å². The molecular weight excluding hydrogens is 641 g/mol. The molecule has 0 aromatic heterocycles. The van der Waals surface area contributed by atoms with Crippen LogP contribution in [-0.2, 0) is 53.7 Å².